The van der Waals surface area contributed by atoms with Gasteiger partial charge in [-0.15, -0.1) is 5.10 Å². The van der Waals surface area contributed by atoms with Crippen molar-refractivity contribution in [3.63, 3.8) is 0 Å². The zero-order valence-corrected chi connectivity index (χ0v) is 9.65. The molecule has 2 rings (SSSR count). The highest BCUT2D eigenvalue weighted by Gasteiger charge is 2.07. The third-order valence-corrected chi connectivity index (χ3v) is 2.31. The predicted octanol–water partition coefficient (Wildman–Crippen LogP) is 0.161. The molecule has 2 aromatic rings. The summed E-state index contributed by atoms with van der Waals surface area (Å²) < 4.78 is 1.49. The molecule has 0 fully saturated rings. The average molecular weight is 247 g/mol. The highest BCUT2D eigenvalue weighted by atomic mass is 16.4. The second-order valence-electron chi connectivity index (χ2n) is 3.67. The van der Waals surface area contributed by atoms with E-state index in [0.29, 0.717) is 19.6 Å². The third-order valence-electron chi connectivity index (χ3n) is 2.31. The van der Waals surface area contributed by atoms with Crippen molar-refractivity contribution >= 4 is 5.97 Å². The number of rotatable bonds is 6. The molecule has 2 heterocycles. The summed E-state index contributed by atoms with van der Waals surface area (Å²) in [6, 6.07) is 5.73. The molecule has 0 atom stereocenters. The third kappa shape index (κ3) is 3.36. The van der Waals surface area contributed by atoms with E-state index in [-0.39, 0.29) is 5.69 Å². The van der Waals surface area contributed by atoms with Gasteiger partial charge in [0.15, 0.2) is 5.69 Å². The molecule has 0 spiro atoms. The van der Waals surface area contributed by atoms with Crippen LogP contribution >= 0.6 is 0 Å². The lowest BCUT2D eigenvalue weighted by Crippen LogP contribution is -2.20. The Labute approximate surface area is 103 Å². The summed E-state index contributed by atoms with van der Waals surface area (Å²) >= 11 is 0. The van der Waals surface area contributed by atoms with Crippen molar-refractivity contribution in [2.75, 3.05) is 6.54 Å². The van der Waals surface area contributed by atoms with Gasteiger partial charge in [-0.1, -0.05) is 11.3 Å². The monoisotopic (exact) mass is 247 g/mol. The van der Waals surface area contributed by atoms with Crippen LogP contribution in [0.15, 0.2) is 30.6 Å². The molecule has 7 nitrogen and oxygen atoms in total. The van der Waals surface area contributed by atoms with Crippen molar-refractivity contribution in [2.24, 2.45) is 0 Å². The van der Waals surface area contributed by atoms with Crippen LogP contribution < -0.4 is 5.32 Å². The van der Waals surface area contributed by atoms with Gasteiger partial charge >= 0.3 is 5.97 Å². The smallest absolute Gasteiger partial charge is 0.358 e. The van der Waals surface area contributed by atoms with E-state index in [1.807, 2.05) is 18.2 Å². The number of hydrogen-bond acceptors (Lipinski definition) is 5. The highest BCUT2D eigenvalue weighted by molar-refractivity contribution is 5.84. The van der Waals surface area contributed by atoms with E-state index in [4.69, 9.17) is 5.11 Å². The zero-order valence-electron chi connectivity index (χ0n) is 9.65. The molecule has 0 aromatic carbocycles. The Morgan fingerprint density at radius 3 is 3.00 bits per heavy atom. The number of hydrogen-bond donors (Lipinski definition) is 2. The van der Waals surface area contributed by atoms with Gasteiger partial charge in [0.25, 0.3) is 0 Å². The van der Waals surface area contributed by atoms with Crippen LogP contribution in [0.25, 0.3) is 0 Å². The molecule has 0 aliphatic rings. The second kappa shape index (κ2) is 5.87. The first kappa shape index (κ1) is 12.2. The Balaban J connectivity index is 1.73. The summed E-state index contributed by atoms with van der Waals surface area (Å²) in [7, 11) is 0. The molecule has 7 heteroatoms. The van der Waals surface area contributed by atoms with E-state index in [1.165, 1.54) is 10.9 Å². The van der Waals surface area contributed by atoms with Crippen molar-refractivity contribution in [1.29, 1.82) is 0 Å². The molecule has 0 aliphatic heterocycles. The normalized spacial score (nSPS) is 10.4. The fraction of sp³-hybridized carbons (Fsp3) is 0.273. The number of pyridine rings is 1. The summed E-state index contributed by atoms with van der Waals surface area (Å²) in [4.78, 5) is 14.8. The number of aromatic nitrogens is 4. The van der Waals surface area contributed by atoms with Crippen LogP contribution in [0.3, 0.4) is 0 Å². The quantitative estimate of drug-likeness (QED) is 0.706. The number of carboxylic acids is 1. The van der Waals surface area contributed by atoms with Gasteiger partial charge in [-0.25, -0.2) is 4.79 Å². The fourth-order valence-corrected chi connectivity index (χ4v) is 1.42. The molecule has 2 N–H and O–H groups in total. The van der Waals surface area contributed by atoms with Crippen molar-refractivity contribution in [1.82, 2.24) is 25.3 Å². The maximum Gasteiger partial charge on any atom is 0.358 e. The van der Waals surface area contributed by atoms with Gasteiger partial charge in [0, 0.05) is 19.3 Å². The Morgan fingerprint density at radius 1 is 1.44 bits per heavy atom. The Hall–Kier alpha value is -2.28. The SMILES string of the molecule is O=C(O)c1cn(CCNCc2ccccn2)nn1. The van der Waals surface area contributed by atoms with Gasteiger partial charge in [0.1, 0.15) is 0 Å². The van der Waals surface area contributed by atoms with E-state index < -0.39 is 5.97 Å². The van der Waals surface area contributed by atoms with Crippen molar-refractivity contribution in [3.05, 3.63) is 42.0 Å². The van der Waals surface area contributed by atoms with Crippen LogP contribution in [0.5, 0.6) is 0 Å². The van der Waals surface area contributed by atoms with Crippen molar-refractivity contribution in [3.8, 4) is 0 Å². The van der Waals surface area contributed by atoms with Crippen LogP contribution in [0, 0.1) is 0 Å². The fourth-order valence-electron chi connectivity index (χ4n) is 1.42. The maximum atomic E-state index is 10.6. The number of nitrogens with zero attached hydrogens (tertiary/aromatic N) is 4. The summed E-state index contributed by atoms with van der Waals surface area (Å²) in [6.45, 7) is 1.90. The molecule has 18 heavy (non-hydrogen) atoms. The predicted molar refractivity (Wildman–Crippen MR) is 62.9 cm³/mol. The molecular weight excluding hydrogens is 234 g/mol. The van der Waals surface area contributed by atoms with Gasteiger partial charge in [0.05, 0.1) is 18.4 Å². The molecule has 0 saturated heterocycles. The zero-order chi connectivity index (χ0) is 12.8. The topological polar surface area (TPSA) is 92.9 Å². The Kier molecular flexibility index (Phi) is 3.98. The lowest BCUT2D eigenvalue weighted by atomic mass is 10.3. The van der Waals surface area contributed by atoms with Gasteiger partial charge in [-0.2, -0.15) is 0 Å². The second-order valence-corrected chi connectivity index (χ2v) is 3.67. The lowest BCUT2D eigenvalue weighted by Gasteiger charge is -2.03. The van der Waals surface area contributed by atoms with E-state index in [9.17, 15) is 4.79 Å². The minimum atomic E-state index is -1.07. The molecule has 2 aromatic heterocycles. The first-order valence-electron chi connectivity index (χ1n) is 5.50. The van der Waals surface area contributed by atoms with Crippen LogP contribution in [0.1, 0.15) is 16.2 Å². The summed E-state index contributed by atoms with van der Waals surface area (Å²) in [5.41, 5.74) is 0.919. The standard InChI is InChI=1S/C11H13N5O2/c17-11(18)10-8-16(15-14-10)6-5-12-7-9-3-1-2-4-13-9/h1-4,8,12H,5-7H2,(H,17,18). The van der Waals surface area contributed by atoms with Gasteiger partial charge in [0.2, 0.25) is 0 Å². The molecule has 94 valence electrons. The maximum absolute atomic E-state index is 10.6. The average Bonchev–Trinajstić information content (AvgIpc) is 2.85. The number of carbonyl (C=O) groups is 1. The molecule has 0 unspecified atom stereocenters. The van der Waals surface area contributed by atoms with Crippen molar-refractivity contribution < 1.29 is 9.90 Å². The first-order valence-corrected chi connectivity index (χ1v) is 5.50. The van der Waals surface area contributed by atoms with E-state index in [1.54, 1.807) is 6.20 Å². The molecule has 0 bridgehead atoms. The lowest BCUT2D eigenvalue weighted by molar-refractivity contribution is 0.0690. The van der Waals surface area contributed by atoms with E-state index in [0.717, 1.165) is 5.69 Å². The number of nitrogens with one attached hydrogen (secondary N) is 1. The number of aromatic carboxylic acids is 1. The molecule has 0 aliphatic carbocycles. The summed E-state index contributed by atoms with van der Waals surface area (Å²) in [5, 5.41) is 19.1. The van der Waals surface area contributed by atoms with Crippen LogP contribution in [0.4, 0.5) is 0 Å². The summed E-state index contributed by atoms with van der Waals surface area (Å²) in [6.07, 6.45) is 3.15. The first-order chi connectivity index (χ1) is 8.75. The summed E-state index contributed by atoms with van der Waals surface area (Å²) in [5.74, 6) is -1.07. The van der Waals surface area contributed by atoms with Crippen LogP contribution in [-0.4, -0.2) is 37.6 Å². The molecule has 0 radical (unpaired) electrons. The molecule has 0 saturated carbocycles. The van der Waals surface area contributed by atoms with Crippen LogP contribution in [-0.2, 0) is 13.1 Å². The molecular formula is C11H13N5O2. The molecule has 0 amide bonds. The largest absolute Gasteiger partial charge is 0.476 e. The van der Waals surface area contributed by atoms with E-state index in [2.05, 4.69) is 20.6 Å². The highest BCUT2D eigenvalue weighted by Crippen LogP contribution is 1.93. The minimum Gasteiger partial charge on any atom is -0.476 e. The number of carboxylic acid groups (broad SMARTS) is 1. The van der Waals surface area contributed by atoms with Crippen molar-refractivity contribution in [2.45, 2.75) is 13.1 Å². The van der Waals surface area contributed by atoms with E-state index >= 15 is 0 Å². The van der Waals surface area contributed by atoms with Crippen LogP contribution in [0.2, 0.25) is 0 Å². The van der Waals surface area contributed by atoms with Gasteiger partial charge in [-0.05, 0) is 12.1 Å². The minimum absolute atomic E-state index is 0.0419. The Bertz CT molecular complexity index is 511. The Morgan fingerprint density at radius 2 is 2.33 bits per heavy atom. The van der Waals surface area contributed by atoms with Gasteiger partial charge < -0.3 is 10.4 Å². The van der Waals surface area contributed by atoms with Gasteiger partial charge in [-0.3, -0.25) is 9.67 Å².